The topological polar surface area (TPSA) is 66.0 Å². The molecular formula is C23H36N4O3. The third kappa shape index (κ3) is 7.36. The van der Waals surface area contributed by atoms with Gasteiger partial charge in [0, 0.05) is 70.9 Å². The van der Waals surface area contributed by atoms with Crippen LogP contribution in [-0.2, 0) is 20.8 Å². The first-order valence-corrected chi connectivity index (χ1v) is 11.4. The fourth-order valence-electron chi connectivity index (χ4n) is 4.20. The molecule has 0 saturated carbocycles. The van der Waals surface area contributed by atoms with E-state index in [9.17, 15) is 9.59 Å². The van der Waals surface area contributed by atoms with E-state index in [-0.39, 0.29) is 11.8 Å². The van der Waals surface area contributed by atoms with Crippen LogP contribution in [-0.4, -0.2) is 78.0 Å². The normalized spacial score (nSPS) is 20.2. The van der Waals surface area contributed by atoms with Gasteiger partial charge in [-0.3, -0.25) is 19.4 Å². The second kappa shape index (κ2) is 12.0. The fourth-order valence-corrected chi connectivity index (χ4v) is 4.20. The Morgan fingerprint density at radius 3 is 2.87 bits per heavy atom. The highest BCUT2D eigenvalue weighted by Crippen LogP contribution is 2.22. The van der Waals surface area contributed by atoms with Crippen LogP contribution >= 0.6 is 0 Å². The largest absolute Gasteiger partial charge is 0.345 e. The molecule has 0 bridgehead atoms. The minimum Gasteiger partial charge on any atom is -0.345 e. The summed E-state index contributed by atoms with van der Waals surface area (Å²) in [6.45, 7) is 4.68. The molecule has 1 aromatic heterocycles. The van der Waals surface area contributed by atoms with Gasteiger partial charge >= 0.3 is 0 Å². The molecule has 2 aliphatic heterocycles. The van der Waals surface area contributed by atoms with Crippen molar-refractivity contribution in [3.63, 3.8) is 0 Å². The number of amides is 2. The van der Waals surface area contributed by atoms with E-state index in [0.29, 0.717) is 31.8 Å². The molecule has 2 saturated heterocycles. The lowest BCUT2D eigenvalue weighted by Crippen LogP contribution is -2.42. The van der Waals surface area contributed by atoms with Crippen LogP contribution in [0.15, 0.2) is 24.4 Å². The van der Waals surface area contributed by atoms with Gasteiger partial charge < -0.3 is 9.80 Å². The van der Waals surface area contributed by atoms with Gasteiger partial charge in [-0.15, -0.1) is 0 Å². The van der Waals surface area contributed by atoms with Crippen LogP contribution in [0.2, 0.25) is 0 Å². The number of hydroxylamine groups is 2. The second-order valence-electron chi connectivity index (χ2n) is 8.49. The molecule has 0 N–H and O–H groups in total. The zero-order valence-electron chi connectivity index (χ0n) is 18.3. The number of aromatic nitrogens is 1. The van der Waals surface area contributed by atoms with Gasteiger partial charge in [0.2, 0.25) is 11.8 Å². The molecule has 2 amide bonds. The summed E-state index contributed by atoms with van der Waals surface area (Å²) >= 11 is 0. The molecule has 1 aromatic rings. The zero-order chi connectivity index (χ0) is 21.2. The van der Waals surface area contributed by atoms with E-state index in [0.717, 1.165) is 70.5 Å². The Hall–Kier alpha value is -1.99. The van der Waals surface area contributed by atoms with E-state index in [1.807, 2.05) is 35.2 Å². The number of nitrogens with zero attached hydrogens (tertiary/aromatic N) is 4. The van der Waals surface area contributed by atoms with Gasteiger partial charge in [0.25, 0.3) is 0 Å². The highest BCUT2D eigenvalue weighted by molar-refractivity contribution is 5.77. The molecule has 30 heavy (non-hydrogen) atoms. The predicted octanol–water partition coefficient (Wildman–Crippen LogP) is 2.52. The average Bonchev–Trinajstić information content (AvgIpc) is 2.81. The van der Waals surface area contributed by atoms with Crippen LogP contribution in [0.5, 0.6) is 0 Å². The van der Waals surface area contributed by atoms with E-state index >= 15 is 0 Å². The lowest BCUT2D eigenvalue weighted by atomic mass is 9.93. The molecule has 7 nitrogen and oxygen atoms in total. The van der Waals surface area contributed by atoms with Crippen LogP contribution in [0.3, 0.4) is 0 Å². The van der Waals surface area contributed by atoms with Crippen molar-refractivity contribution in [1.82, 2.24) is 19.8 Å². The van der Waals surface area contributed by atoms with Gasteiger partial charge in [-0.25, -0.2) is 0 Å². The third-order valence-corrected chi connectivity index (χ3v) is 6.14. The Kier molecular flexibility index (Phi) is 9.08. The molecule has 3 heterocycles. The highest BCUT2D eigenvalue weighted by atomic mass is 16.7. The molecule has 0 aromatic carbocycles. The van der Waals surface area contributed by atoms with E-state index in [1.165, 1.54) is 0 Å². The number of carbonyl (C=O) groups is 2. The Labute approximate surface area is 180 Å². The summed E-state index contributed by atoms with van der Waals surface area (Å²) in [5.41, 5.74) is 1.01. The molecule has 166 valence electrons. The van der Waals surface area contributed by atoms with Crippen molar-refractivity contribution >= 4 is 11.8 Å². The van der Waals surface area contributed by atoms with E-state index in [4.69, 9.17) is 4.84 Å². The molecule has 0 unspecified atom stereocenters. The second-order valence-corrected chi connectivity index (χ2v) is 8.49. The van der Waals surface area contributed by atoms with E-state index < -0.39 is 0 Å². The molecule has 3 rings (SSSR count). The summed E-state index contributed by atoms with van der Waals surface area (Å²) in [5, 5.41) is 1.93. The monoisotopic (exact) mass is 416 g/mol. The predicted molar refractivity (Wildman–Crippen MR) is 115 cm³/mol. The lowest BCUT2D eigenvalue weighted by Gasteiger charge is -2.34. The van der Waals surface area contributed by atoms with Crippen LogP contribution < -0.4 is 0 Å². The van der Waals surface area contributed by atoms with Crippen molar-refractivity contribution in [2.75, 3.05) is 46.4 Å². The van der Waals surface area contributed by atoms with Gasteiger partial charge in [-0.05, 0) is 50.2 Å². The van der Waals surface area contributed by atoms with Gasteiger partial charge in [0.1, 0.15) is 0 Å². The minimum absolute atomic E-state index is 0.177. The van der Waals surface area contributed by atoms with Crippen LogP contribution in [0.1, 0.15) is 50.6 Å². The van der Waals surface area contributed by atoms with Crippen molar-refractivity contribution < 1.29 is 14.4 Å². The first-order valence-electron chi connectivity index (χ1n) is 11.4. The Balaban J connectivity index is 1.34. The number of rotatable bonds is 9. The summed E-state index contributed by atoms with van der Waals surface area (Å²) in [6, 6.07) is 5.86. The number of likely N-dealkylation sites (tertiary alicyclic amines) is 1. The first-order chi connectivity index (χ1) is 14.6. The average molecular weight is 417 g/mol. The van der Waals surface area contributed by atoms with Crippen molar-refractivity contribution in [2.24, 2.45) is 5.92 Å². The smallest absolute Gasteiger partial charge is 0.223 e. The number of carbonyl (C=O) groups excluding carboxylic acids is 2. The Morgan fingerprint density at radius 1 is 1.20 bits per heavy atom. The van der Waals surface area contributed by atoms with E-state index in [2.05, 4.69) is 4.98 Å². The molecule has 2 fully saturated rings. The lowest BCUT2D eigenvalue weighted by molar-refractivity contribution is -0.182. The number of piperidine rings is 1. The van der Waals surface area contributed by atoms with Gasteiger partial charge in [0.15, 0.2) is 0 Å². The molecule has 0 spiro atoms. The standard InChI is InChI=1S/C23H36N4O3/c1-25(16-11-21-8-2-3-13-24-21)22(28)10-9-20-7-6-14-26(19-20)23(29)12-17-27-15-4-5-18-30-27/h2-3,8,13,20H,4-7,9-12,14-19H2,1H3/t20-/m0/s1. The SMILES string of the molecule is CN(CCc1ccccn1)C(=O)CC[C@@H]1CCCN(C(=O)CCN2CCCCO2)C1. The zero-order valence-corrected chi connectivity index (χ0v) is 18.3. The van der Waals surface area contributed by atoms with Crippen LogP contribution in [0.4, 0.5) is 0 Å². The van der Waals surface area contributed by atoms with Gasteiger partial charge in [0.05, 0.1) is 6.61 Å². The summed E-state index contributed by atoms with van der Waals surface area (Å²) in [7, 11) is 1.87. The Morgan fingerprint density at radius 2 is 2.10 bits per heavy atom. The number of likely N-dealkylation sites (N-methyl/N-ethyl adjacent to an activating group) is 1. The Bertz CT molecular complexity index is 664. The van der Waals surface area contributed by atoms with E-state index in [1.54, 1.807) is 11.1 Å². The maximum Gasteiger partial charge on any atom is 0.223 e. The van der Waals surface area contributed by atoms with Crippen molar-refractivity contribution in [3.8, 4) is 0 Å². The van der Waals surface area contributed by atoms with Crippen LogP contribution in [0.25, 0.3) is 0 Å². The fraction of sp³-hybridized carbons (Fsp3) is 0.696. The molecule has 0 aliphatic carbocycles. The summed E-state index contributed by atoms with van der Waals surface area (Å²) in [6.07, 6.45) is 8.85. The maximum absolute atomic E-state index is 12.6. The molecule has 2 aliphatic rings. The van der Waals surface area contributed by atoms with Gasteiger partial charge in [-0.2, -0.15) is 5.06 Å². The molecule has 1 atom stereocenters. The van der Waals surface area contributed by atoms with Gasteiger partial charge in [-0.1, -0.05) is 6.07 Å². The highest BCUT2D eigenvalue weighted by Gasteiger charge is 2.25. The number of hydrogen-bond donors (Lipinski definition) is 0. The summed E-state index contributed by atoms with van der Waals surface area (Å²) in [4.78, 5) is 38.8. The number of pyridine rings is 1. The van der Waals surface area contributed by atoms with Crippen LogP contribution in [0, 0.1) is 5.92 Å². The molecule has 0 radical (unpaired) electrons. The minimum atomic E-state index is 0.177. The number of hydrogen-bond acceptors (Lipinski definition) is 5. The first kappa shape index (κ1) is 22.7. The molecular weight excluding hydrogens is 380 g/mol. The maximum atomic E-state index is 12.6. The quantitative estimate of drug-likeness (QED) is 0.619. The molecule has 7 heteroatoms. The summed E-state index contributed by atoms with van der Waals surface area (Å²) < 4.78 is 0. The van der Waals surface area contributed by atoms with Crippen molar-refractivity contribution in [2.45, 2.75) is 51.4 Å². The van der Waals surface area contributed by atoms with Crippen molar-refractivity contribution in [3.05, 3.63) is 30.1 Å². The third-order valence-electron chi connectivity index (χ3n) is 6.14. The summed E-state index contributed by atoms with van der Waals surface area (Å²) in [5.74, 6) is 0.811. The van der Waals surface area contributed by atoms with Crippen molar-refractivity contribution in [1.29, 1.82) is 0 Å².